The first-order valence-corrected chi connectivity index (χ1v) is 10.1. The first-order chi connectivity index (χ1) is 11.8. The van der Waals surface area contributed by atoms with E-state index in [4.69, 9.17) is 5.73 Å². The zero-order valence-electron chi connectivity index (χ0n) is 14.5. The number of rotatable bonds is 7. The van der Waals surface area contributed by atoms with Crippen LogP contribution in [-0.2, 0) is 14.6 Å². The summed E-state index contributed by atoms with van der Waals surface area (Å²) in [6, 6.07) is 15.0. The Bertz CT molecular complexity index is 820. The van der Waals surface area contributed by atoms with E-state index in [1.807, 2.05) is 37.3 Å². The number of nitrogens with one attached hydrogen (secondary N) is 1. The van der Waals surface area contributed by atoms with E-state index >= 15 is 0 Å². The lowest BCUT2D eigenvalue weighted by molar-refractivity contribution is -0.123. The van der Waals surface area contributed by atoms with E-state index in [2.05, 4.69) is 5.32 Å². The van der Waals surface area contributed by atoms with Crippen LogP contribution in [0.5, 0.6) is 0 Å². The quantitative estimate of drug-likeness (QED) is 0.793. The van der Waals surface area contributed by atoms with Crippen LogP contribution in [0.15, 0.2) is 59.5 Å². The second-order valence-corrected chi connectivity index (χ2v) is 8.11. The van der Waals surface area contributed by atoms with Gasteiger partial charge in [-0.1, -0.05) is 55.8 Å². The molecule has 2 atom stereocenters. The highest BCUT2D eigenvalue weighted by atomic mass is 32.2. The largest absolute Gasteiger partial charge is 0.344 e. The predicted molar refractivity (Wildman–Crippen MR) is 98.9 cm³/mol. The van der Waals surface area contributed by atoms with E-state index in [-0.39, 0.29) is 10.8 Å². The van der Waals surface area contributed by atoms with Crippen LogP contribution in [0.3, 0.4) is 0 Å². The summed E-state index contributed by atoms with van der Waals surface area (Å²) in [4.78, 5) is 12.6. The fourth-order valence-electron chi connectivity index (χ4n) is 2.62. The molecule has 134 valence electrons. The van der Waals surface area contributed by atoms with Crippen LogP contribution in [0.4, 0.5) is 0 Å². The Kier molecular flexibility index (Phi) is 6.33. The molecule has 6 heteroatoms. The molecule has 1 amide bonds. The van der Waals surface area contributed by atoms with Crippen molar-refractivity contribution in [3.05, 3.63) is 65.7 Å². The average molecular weight is 360 g/mol. The Morgan fingerprint density at radius 1 is 1.08 bits per heavy atom. The van der Waals surface area contributed by atoms with Crippen molar-refractivity contribution in [3.8, 4) is 0 Å². The summed E-state index contributed by atoms with van der Waals surface area (Å²) in [5, 5.41) is 2.95. The normalized spacial score (nSPS) is 13.9. The van der Waals surface area contributed by atoms with Gasteiger partial charge in [0.25, 0.3) is 0 Å². The van der Waals surface area contributed by atoms with Crippen molar-refractivity contribution in [2.45, 2.75) is 36.7 Å². The van der Waals surface area contributed by atoms with Gasteiger partial charge < -0.3 is 11.1 Å². The molecule has 5 nitrogen and oxygen atoms in total. The van der Waals surface area contributed by atoms with Crippen molar-refractivity contribution in [2.24, 2.45) is 5.73 Å². The van der Waals surface area contributed by atoms with E-state index in [9.17, 15) is 13.2 Å². The first-order valence-electron chi connectivity index (χ1n) is 8.24. The van der Waals surface area contributed by atoms with Crippen LogP contribution in [-0.4, -0.2) is 26.6 Å². The fraction of sp³-hybridized carbons (Fsp3) is 0.316. The van der Waals surface area contributed by atoms with Gasteiger partial charge in [-0.05, 0) is 29.7 Å². The number of carbonyl (C=O) groups excluding carboxylic acids is 1. The molecular formula is C19H24N2O3S. The molecule has 2 aromatic rings. The molecule has 0 heterocycles. The van der Waals surface area contributed by atoms with Crippen molar-refractivity contribution in [3.63, 3.8) is 0 Å². The van der Waals surface area contributed by atoms with Gasteiger partial charge in [-0.15, -0.1) is 0 Å². The van der Waals surface area contributed by atoms with Gasteiger partial charge in [-0.2, -0.15) is 0 Å². The summed E-state index contributed by atoms with van der Waals surface area (Å²) in [5.74, 6) is -0.250. The summed E-state index contributed by atoms with van der Waals surface area (Å²) < 4.78 is 23.7. The third-order valence-corrected chi connectivity index (χ3v) is 5.09. The van der Waals surface area contributed by atoms with Gasteiger partial charge in [0, 0.05) is 6.26 Å². The zero-order valence-corrected chi connectivity index (χ0v) is 15.3. The molecule has 0 aromatic heterocycles. The van der Waals surface area contributed by atoms with Gasteiger partial charge in [-0.25, -0.2) is 8.42 Å². The van der Waals surface area contributed by atoms with Crippen LogP contribution < -0.4 is 11.1 Å². The zero-order chi connectivity index (χ0) is 18.4. The van der Waals surface area contributed by atoms with Crippen molar-refractivity contribution >= 4 is 15.7 Å². The third-order valence-electron chi connectivity index (χ3n) is 3.98. The first kappa shape index (κ1) is 19.1. The van der Waals surface area contributed by atoms with Crippen LogP contribution in [0, 0.1) is 0 Å². The molecule has 0 spiro atoms. The van der Waals surface area contributed by atoms with Gasteiger partial charge in [-0.3, -0.25) is 4.79 Å². The average Bonchev–Trinajstić information content (AvgIpc) is 2.59. The van der Waals surface area contributed by atoms with Gasteiger partial charge in [0.15, 0.2) is 9.84 Å². The Balaban J connectivity index is 2.41. The topological polar surface area (TPSA) is 89.3 Å². The van der Waals surface area contributed by atoms with Gasteiger partial charge in [0.05, 0.1) is 17.0 Å². The summed E-state index contributed by atoms with van der Waals surface area (Å²) in [5.41, 5.74) is 7.49. The number of carbonyl (C=O) groups is 1. The molecule has 0 radical (unpaired) electrons. The molecule has 0 aliphatic rings. The molecule has 2 unspecified atom stereocenters. The summed E-state index contributed by atoms with van der Waals surface area (Å²) in [7, 11) is -3.33. The Hall–Kier alpha value is -2.18. The Morgan fingerprint density at radius 2 is 1.72 bits per heavy atom. The predicted octanol–water partition coefficient (Wildman–Crippen LogP) is 2.42. The number of hydrogen-bond acceptors (Lipinski definition) is 4. The number of sulfone groups is 1. The van der Waals surface area contributed by atoms with Crippen LogP contribution in [0.2, 0.25) is 0 Å². The molecule has 0 aliphatic heterocycles. The Morgan fingerprint density at radius 3 is 2.32 bits per heavy atom. The molecule has 3 N–H and O–H groups in total. The SMILES string of the molecule is CCCC(N)C(=O)NC(c1ccccc1)c1cccc(S(C)(=O)=O)c1. The molecule has 0 aliphatic carbocycles. The molecule has 2 rings (SSSR count). The van der Waals surface area contributed by atoms with Gasteiger partial charge in [0.2, 0.25) is 5.91 Å². The monoisotopic (exact) mass is 360 g/mol. The molecule has 2 aromatic carbocycles. The molecule has 0 fully saturated rings. The number of benzene rings is 2. The van der Waals surface area contributed by atoms with E-state index in [1.54, 1.807) is 24.3 Å². The smallest absolute Gasteiger partial charge is 0.237 e. The number of amides is 1. The van der Waals surface area contributed by atoms with E-state index < -0.39 is 21.9 Å². The fourth-order valence-corrected chi connectivity index (χ4v) is 3.30. The van der Waals surface area contributed by atoms with Gasteiger partial charge >= 0.3 is 0 Å². The second-order valence-electron chi connectivity index (χ2n) is 6.09. The van der Waals surface area contributed by atoms with E-state index in [0.29, 0.717) is 12.0 Å². The molecule has 0 bridgehead atoms. The standard InChI is InChI=1S/C19H24N2O3S/c1-3-8-17(20)19(22)21-18(14-9-5-4-6-10-14)15-11-7-12-16(13-15)25(2,23)24/h4-7,9-13,17-18H,3,8,20H2,1-2H3,(H,21,22). The molecule has 0 saturated carbocycles. The summed E-state index contributed by atoms with van der Waals surface area (Å²) >= 11 is 0. The molecule has 25 heavy (non-hydrogen) atoms. The minimum absolute atomic E-state index is 0.220. The van der Waals surface area contributed by atoms with Crippen LogP contribution in [0.1, 0.15) is 36.9 Å². The lowest BCUT2D eigenvalue weighted by Crippen LogP contribution is -2.42. The highest BCUT2D eigenvalue weighted by Crippen LogP contribution is 2.24. The lowest BCUT2D eigenvalue weighted by atomic mass is 9.98. The lowest BCUT2D eigenvalue weighted by Gasteiger charge is -2.22. The minimum Gasteiger partial charge on any atom is -0.344 e. The molecular weight excluding hydrogens is 336 g/mol. The number of nitrogens with two attached hydrogens (primary N) is 1. The maximum absolute atomic E-state index is 12.4. The summed E-state index contributed by atoms with van der Waals surface area (Å²) in [6.07, 6.45) is 2.57. The maximum Gasteiger partial charge on any atom is 0.237 e. The van der Waals surface area contributed by atoms with Crippen LogP contribution in [0.25, 0.3) is 0 Å². The minimum atomic E-state index is -3.33. The maximum atomic E-state index is 12.4. The summed E-state index contributed by atoms with van der Waals surface area (Å²) in [6.45, 7) is 1.97. The molecule has 0 saturated heterocycles. The Labute approximate surface area is 149 Å². The highest BCUT2D eigenvalue weighted by Gasteiger charge is 2.21. The van der Waals surface area contributed by atoms with E-state index in [1.165, 1.54) is 6.26 Å². The van der Waals surface area contributed by atoms with Crippen molar-refractivity contribution in [2.75, 3.05) is 6.26 Å². The second kappa shape index (κ2) is 8.27. The van der Waals surface area contributed by atoms with Crippen molar-refractivity contribution in [1.82, 2.24) is 5.32 Å². The number of hydrogen-bond donors (Lipinski definition) is 2. The van der Waals surface area contributed by atoms with Crippen molar-refractivity contribution in [1.29, 1.82) is 0 Å². The van der Waals surface area contributed by atoms with E-state index in [0.717, 1.165) is 12.0 Å². The van der Waals surface area contributed by atoms with Gasteiger partial charge in [0.1, 0.15) is 0 Å². The highest BCUT2D eigenvalue weighted by molar-refractivity contribution is 7.90. The third kappa shape index (κ3) is 5.14. The van der Waals surface area contributed by atoms with Crippen molar-refractivity contribution < 1.29 is 13.2 Å². The van der Waals surface area contributed by atoms with Crippen LogP contribution >= 0.6 is 0 Å².